The predicted molar refractivity (Wildman–Crippen MR) is 115 cm³/mol. The summed E-state index contributed by atoms with van der Waals surface area (Å²) in [5.41, 5.74) is 3.70. The minimum atomic E-state index is 0.658. The molecule has 2 heterocycles. The number of fused-ring (bicyclic) bond motifs is 1. The van der Waals surface area contributed by atoms with Crippen molar-refractivity contribution in [1.29, 1.82) is 0 Å². The van der Waals surface area contributed by atoms with E-state index >= 15 is 0 Å². The molecule has 0 unspecified atom stereocenters. The highest BCUT2D eigenvalue weighted by Gasteiger charge is 2.21. The van der Waals surface area contributed by atoms with Gasteiger partial charge in [0.05, 0.1) is 21.3 Å². The first-order valence-electron chi connectivity index (χ1n) is 10.0. The van der Waals surface area contributed by atoms with Gasteiger partial charge in [-0.2, -0.15) is 0 Å². The van der Waals surface area contributed by atoms with E-state index < -0.39 is 0 Å². The minimum absolute atomic E-state index is 0.658. The highest BCUT2D eigenvalue weighted by atomic mass is 16.5. The van der Waals surface area contributed by atoms with Crippen LogP contribution in [0.3, 0.4) is 0 Å². The number of nitrogens with zero attached hydrogens (tertiary/aromatic N) is 2. The van der Waals surface area contributed by atoms with Crippen molar-refractivity contribution < 1.29 is 14.2 Å². The van der Waals surface area contributed by atoms with Gasteiger partial charge < -0.3 is 19.2 Å². The maximum atomic E-state index is 5.64. The topological polar surface area (TPSA) is 50.0 Å². The van der Waals surface area contributed by atoms with Crippen LogP contribution in [0.5, 0.6) is 17.2 Å². The summed E-state index contributed by atoms with van der Waals surface area (Å²) in [4.78, 5) is 8.37. The molecule has 154 valence electrons. The smallest absolute Gasteiger partial charge is 0.203 e. The molecule has 1 N–H and O–H groups in total. The van der Waals surface area contributed by atoms with Crippen molar-refractivity contribution in [2.24, 2.45) is 0 Å². The van der Waals surface area contributed by atoms with Gasteiger partial charge in [0.1, 0.15) is 0 Å². The van der Waals surface area contributed by atoms with E-state index in [9.17, 15) is 0 Å². The fraction of sp³-hybridized carbons (Fsp3) is 0.391. The van der Waals surface area contributed by atoms with Crippen molar-refractivity contribution in [3.05, 3.63) is 53.7 Å². The van der Waals surface area contributed by atoms with Crippen LogP contribution in [0.15, 0.2) is 42.6 Å². The predicted octanol–water partition coefficient (Wildman–Crippen LogP) is 3.51. The third-order valence-corrected chi connectivity index (χ3v) is 5.71. The molecule has 0 spiro atoms. The fourth-order valence-electron chi connectivity index (χ4n) is 4.14. The summed E-state index contributed by atoms with van der Waals surface area (Å²) < 4.78 is 16.5. The Kier molecular flexibility index (Phi) is 5.92. The van der Waals surface area contributed by atoms with Crippen molar-refractivity contribution in [2.45, 2.75) is 13.1 Å². The Labute approximate surface area is 172 Å². The van der Waals surface area contributed by atoms with Crippen LogP contribution in [0.1, 0.15) is 11.1 Å². The number of methoxy groups -OCH3 is 3. The molecular weight excluding hydrogens is 366 g/mol. The van der Waals surface area contributed by atoms with Gasteiger partial charge in [-0.1, -0.05) is 24.3 Å². The first-order valence-corrected chi connectivity index (χ1v) is 10.0. The second kappa shape index (κ2) is 8.76. The van der Waals surface area contributed by atoms with E-state index in [0.717, 1.165) is 50.6 Å². The number of H-pyrrole nitrogens is 1. The van der Waals surface area contributed by atoms with Crippen molar-refractivity contribution in [3.63, 3.8) is 0 Å². The van der Waals surface area contributed by atoms with Gasteiger partial charge >= 0.3 is 0 Å². The quantitative estimate of drug-likeness (QED) is 0.663. The molecule has 3 aromatic rings. The Morgan fingerprint density at radius 3 is 2.07 bits per heavy atom. The molecule has 1 aromatic heterocycles. The van der Waals surface area contributed by atoms with E-state index in [1.807, 2.05) is 6.07 Å². The Balaban J connectivity index is 1.39. The van der Waals surface area contributed by atoms with Gasteiger partial charge in [-0.3, -0.25) is 9.80 Å². The first-order chi connectivity index (χ1) is 14.2. The van der Waals surface area contributed by atoms with Crippen molar-refractivity contribution in [3.8, 4) is 17.2 Å². The number of para-hydroxylation sites is 1. The molecular formula is C23H29N3O3. The molecule has 0 saturated carbocycles. The molecule has 1 aliphatic rings. The maximum absolute atomic E-state index is 5.64. The molecule has 0 amide bonds. The molecule has 4 rings (SSSR count). The summed E-state index contributed by atoms with van der Waals surface area (Å²) in [6.07, 6.45) is 2.14. The molecule has 1 saturated heterocycles. The summed E-state index contributed by atoms with van der Waals surface area (Å²) in [5.74, 6) is 2.11. The molecule has 6 heteroatoms. The number of piperazine rings is 1. The lowest BCUT2D eigenvalue weighted by molar-refractivity contribution is 0.121. The van der Waals surface area contributed by atoms with Gasteiger partial charge in [0.25, 0.3) is 0 Å². The Morgan fingerprint density at radius 2 is 1.41 bits per heavy atom. The largest absolute Gasteiger partial charge is 0.493 e. The number of aromatic amines is 1. The summed E-state index contributed by atoms with van der Waals surface area (Å²) in [5, 5.41) is 1.32. The number of nitrogens with one attached hydrogen (secondary N) is 1. The zero-order valence-electron chi connectivity index (χ0n) is 17.4. The molecule has 1 fully saturated rings. The molecule has 0 radical (unpaired) electrons. The summed E-state index contributed by atoms with van der Waals surface area (Å²) in [6, 6.07) is 12.5. The second-order valence-corrected chi connectivity index (χ2v) is 7.41. The zero-order valence-corrected chi connectivity index (χ0v) is 17.4. The van der Waals surface area contributed by atoms with E-state index in [2.05, 4.69) is 51.3 Å². The van der Waals surface area contributed by atoms with E-state index in [1.54, 1.807) is 21.3 Å². The number of benzene rings is 2. The standard InChI is InChI=1S/C23H29N3O3/c1-27-21-9-8-17(22(28-2)23(21)29-3)15-25-10-12-26(13-11-25)16-18-14-24-20-7-5-4-6-19(18)20/h4-9,14,24H,10-13,15-16H2,1-3H3. The van der Waals surface area contributed by atoms with Crippen LogP contribution < -0.4 is 14.2 Å². The summed E-state index contributed by atoms with van der Waals surface area (Å²) in [7, 11) is 4.97. The summed E-state index contributed by atoms with van der Waals surface area (Å²) in [6.45, 7) is 5.98. The first kappa shape index (κ1) is 19.6. The maximum Gasteiger partial charge on any atom is 0.203 e. The van der Waals surface area contributed by atoms with Crippen LogP contribution >= 0.6 is 0 Å². The molecule has 1 aliphatic heterocycles. The molecule has 0 bridgehead atoms. The van der Waals surface area contributed by atoms with Gasteiger partial charge in [-0.15, -0.1) is 0 Å². The van der Waals surface area contributed by atoms with Gasteiger partial charge in [0, 0.05) is 61.9 Å². The lowest BCUT2D eigenvalue weighted by Gasteiger charge is -2.35. The minimum Gasteiger partial charge on any atom is -0.493 e. The molecule has 6 nitrogen and oxygen atoms in total. The van der Waals surface area contributed by atoms with Gasteiger partial charge in [0.2, 0.25) is 5.75 Å². The average molecular weight is 396 g/mol. The number of hydrogen-bond acceptors (Lipinski definition) is 5. The average Bonchev–Trinajstić information content (AvgIpc) is 3.17. The molecule has 29 heavy (non-hydrogen) atoms. The zero-order chi connectivity index (χ0) is 20.2. The number of rotatable bonds is 7. The van der Waals surface area contributed by atoms with Crippen molar-refractivity contribution in [2.75, 3.05) is 47.5 Å². The highest BCUT2D eigenvalue weighted by Crippen LogP contribution is 2.40. The summed E-state index contributed by atoms with van der Waals surface area (Å²) >= 11 is 0. The Morgan fingerprint density at radius 1 is 0.759 bits per heavy atom. The van der Waals surface area contributed by atoms with Crippen LogP contribution in [-0.4, -0.2) is 62.3 Å². The fourth-order valence-corrected chi connectivity index (χ4v) is 4.14. The number of aromatic nitrogens is 1. The third kappa shape index (κ3) is 4.04. The van der Waals surface area contributed by atoms with Crippen LogP contribution in [-0.2, 0) is 13.1 Å². The van der Waals surface area contributed by atoms with Crippen LogP contribution in [0.4, 0.5) is 0 Å². The van der Waals surface area contributed by atoms with Gasteiger partial charge in [0.15, 0.2) is 11.5 Å². The Hall–Kier alpha value is -2.70. The number of ether oxygens (including phenoxy) is 3. The number of hydrogen-bond donors (Lipinski definition) is 1. The van der Waals surface area contributed by atoms with Crippen molar-refractivity contribution >= 4 is 10.9 Å². The van der Waals surface area contributed by atoms with E-state index in [4.69, 9.17) is 14.2 Å². The van der Waals surface area contributed by atoms with E-state index in [-0.39, 0.29) is 0 Å². The van der Waals surface area contributed by atoms with Gasteiger partial charge in [-0.25, -0.2) is 0 Å². The monoisotopic (exact) mass is 395 g/mol. The SMILES string of the molecule is COc1ccc(CN2CCN(Cc3c[nH]c4ccccc34)CC2)c(OC)c1OC. The van der Waals surface area contributed by atoms with E-state index in [0.29, 0.717) is 11.5 Å². The van der Waals surface area contributed by atoms with Gasteiger partial charge in [-0.05, 0) is 17.7 Å². The Bertz CT molecular complexity index is 961. The van der Waals surface area contributed by atoms with E-state index in [1.165, 1.54) is 16.5 Å². The second-order valence-electron chi connectivity index (χ2n) is 7.41. The van der Waals surface area contributed by atoms with Crippen LogP contribution in [0, 0.1) is 0 Å². The van der Waals surface area contributed by atoms with Crippen LogP contribution in [0.2, 0.25) is 0 Å². The molecule has 0 aliphatic carbocycles. The normalized spacial score (nSPS) is 15.6. The molecule has 0 atom stereocenters. The lowest BCUT2D eigenvalue weighted by atomic mass is 10.1. The lowest BCUT2D eigenvalue weighted by Crippen LogP contribution is -2.45. The molecule has 2 aromatic carbocycles. The highest BCUT2D eigenvalue weighted by molar-refractivity contribution is 5.82. The third-order valence-electron chi connectivity index (χ3n) is 5.71. The van der Waals surface area contributed by atoms with Crippen molar-refractivity contribution in [1.82, 2.24) is 14.8 Å². The van der Waals surface area contributed by atoms with Crippen LogP contribution in [0.25, 0.3) is 10.9 Å².